The molecule has 0 aromatic heterocycles. The van der Waals surface area contributed by atoms with Gasteiger partial charge in [0.1, 0.15) is 11.5 Å². The topological polar surface area (TPSA) is 55.8 Å². The number of para-hydroxylation sites is 1. The van der Waals surface area contributed by atoms with Crippen LogP contribution in [0.2, 0.25) is 18.1 Å². The first-order valence-electron chi connectivity index (χ1n) is 8.77. The van der Waals surface area contributed by atoms with Crippen LogP contribution in [0.4, 0.5) is 0 Å². The lowest BCUT2D eigenvalue weighted by Crippen LogP contribution is -2.50. The highest BCUT2D eigenvalue weighted by Crippen LogP contribution is 2.52. The minimum Gasteiger partial charge on any atom is -0.543 e. The summed E-state index contributed by atoms with van der Waals surface area (Å²) in [6.07, 6.45) is 0. The van der Waals surface area contributed by atoms with E-state index in [1.54, 1.807) is 30.3 Å². The number of Topliss-reactive ketones (excluding diaryl/α,β-unsaturated/α-hetero) is 1. The van der Waals surface area contributed by atoms with E-state index in [0.29, 0.717) is 28.2 Å². The van der Waals surface area contributed by atoms with Crippen LogP contribution in [0.1, 0.15) is 42.3 Å². The number of ketones is 1. The van der Waals surface area contributed by atoms with Crippen molar-refractivity contribution >= 4 is 14.1 Å². The predicted octanol–water partition coefficient (Wildman–Crippen LogP) is 4.51. The smallest absolute Gasteiger partial charge is 0.250 e. The minimum absolute atomic E-state index is 0.00599. The molecule has 1 aliphatic rings. The van der Waals surface area contributed by atoms with Gasteiger partial charge in [0.2, 0.25) is 14.1 Å². The number of hydrogen-bond donors (Lipinski definition) is 1. The molecule has 4 nitrogen and oxygen atoms in total. The summed E-state index contributed by atoms with van der Waals surface area (Å²) < 4.78 is 11.8. The van der Waals surface area contributed by atoms with Gasteiger partial charge < -0.3 is 14.3 Å². The van der Waals surface area contributed by atoms with Gasteiger partial charge in [-0.25, -0.2) is 0 Å². The van der Waals surface area contributed by atoms with Crippen molar-refractivity contribution in [1.29, 1.82) is 0 Å². The Morgan fingerprint density at radius 1 is 1.00 bits per heavy atom. The summed E-state index contributed by atoms with van der Waals surface area (Å²) in [4.78, 5) is 12.8. The minimum atomic E-state index is -2.13. The summed E-state index contributed by atoms with van der Waals surface area (Å²) in [5, 5.41) is 11.4. The molecule has 0 radical (unpaired) electrons. The van der Waals surface area contributed by atoms with E-state index >= 15 is 0 Å². The van der Waals surface area contributed by atoms with Crippen LogP contribution in [-0.4, -0.2) is 26.3 Å². The Balaban J connectivity index is 2.15. The Morgan fingerprint density at radius 2 is 1.62 bits per heavy atom. The normalized spacial score (nSPS) is 19.6. The molecule has 1 atom stereocenters. The van der Waals surface area contributed by atoms with E-state index in [0.717, 1.165) is 0 Å². The van der Waals surface area contributed by atoms with Crippen molar-refractivity contribution in [3.8, 4) is 11.5 Å². The molecular weight excluding hydrogens is 344 g/mol. The molecule has 0 aliphatic heterocycles. The molecule has 138 valence electrons. The maximum absolute atomic E-state index is 12.8. The largest absolute Gasteiger partial charge is 0.543 e. The van der Waals surface area contributed by atoms with Gasteiger partial charge >= 0.3 is 0 Å². The molecule has 1 unspecified atom stereocenters. The number of carbonyl (C=O) groups excluding carboxylic acids is 1. The van der Waals surface area contributed by atoms with Crippen molar-refractivity contribution in [2.45, 2.75) is 44.5 Å². The standard InChI is InChI=1S/C21H26O4Si/c1-20(2,3)26(5,6)25-17-13-9-10-14-18(17)21(23,19(14)22)15-11-7-8-12-16(15)24-4/h7-13,23H,1-6H3. The summed E-state index contributed by atoms with van der Waals surface area (Å²) in [5.74, 6) is 0.746. The van der Waals surface area contributed by atoms with Gasteiger partial charge in [0.25, 0.3) is 0 Å². The number of ether oxygens (including phenoxy) is 1. The fraction of sp³-hybridized carbons (Fsp3) is 0.381. The molecule has 0 amide bonds. The van der Waals surface area contributed by atoms with E-state index in [4.69, 9.17) is 9.16 Å². The van der Waals surface area contributed by atoms with Crippen molar-refractivity contribution in [1.82, 2.24) is 0 Å². The maximum atomic E-state index is 12.8. The first-order valence-corrected chi connectivity index (χ1v) is 11.7. The van der Waals surface area contributed by atoms with Crippen molar-refractivity contribution in [3.05, 3.63) is 59.2 Å². The van der Waals surface area contributed by atoms with Crippen LogP contribution in [0.15, 0.2) is 42.5 Å². The number of fused-ring (bicyclic) bond motifs is 1. The molecule has 0 spiro atoms. The molecule has 3 rings (SSSR count). The number of carbonyl (C=O) groups is 1. The quantitative estimate of drug-likeness (QED) is 0.805. The van der Waals surface area contributed by atoms with E-state index in [9.17, 15) is 9.90 Å². The average molecular weight is 371 g/mol. The highest BCUT2D eigenvalue weighted by molar-refractivity contribution is 6.74. The van der Waals surface area contributed by atoms with Crippen molar-refractivity contribution in [2.75, 3.05) is 7.11 Å². The highest BCUT2D eigenvalue weighted by Gasteiger charge is 2.55. The Hall–Kier alpha value is -2.11. The summed E-state index contributed by atoms with van der Waals surface area (Å²) in [6, 6.07) is 12.5. The van der Waals surface area contributed by atoms with Gasteiger partial charge in [-0.3, -0.25) is 4.79 Å². The molecular formula is C21H26O4Si. The first kappa shape index (κ1) is 18.7. The van der Waals surface area contributed by atoms with Crippen LogP contribution in [-0.2, 0) is 5.60 Å². The lowest BCUT2D eigenvalue weighted by molar-refractivity contribution is 0.0358. The predicted molar refractivity (Wildman–Crippen MR) is 105 cm³/mol. The van der Waals surface area contributed by atoms with Gasteiger partial charge in [0.15, 0.2) is 5.60 Å². The lowest BCUT2D eigenvalue weighted by Gasteiger charge is -2.43. The van der Waals surface area contributed by atoms with Gasteiger partial charge in [0.05, 0.1) is 7.11 Å². The third kappa shape index (κ3) is 2.58. The second kappa shape index (κ2) is 5.96. The monoisotopic (exact) mass is 370 g/mol. The van der Waals surface area contributed by atoms with Crippen molar-refractivity contribution in [3.63, 3.8) is 0 Å². The second-order valence-electron chi connectivity index (χ2n) is 8.28. The van der Waals surface area contributed by atoms with Crippen molar-refractivity contribution < 1.29 is 19.1 Å². The van der Waals surface area contributed by atoms with E-state index < -0.39 is 13.9 Å². The van der Waals surface area contributed by atoms with Crippen LogP contribution < -0.4 is 9.16 Å². The van der Waals surface area contributed by atoms with Crippen LogP contribution in [0.3, 0.4) is 0 Å². The Kier molecular flexibility index (Phi) is 4.28. The molecule has 2 aromatic rings. The number of hydrogen-bond acceptors (Lipinski definition) is 4. The number of methoxy groups -OCH3 is 1. The van der Waals surface area contributed by atoms with Gasteiger partial charge in [0, 0.05) is 16.7 Å². The highest BCUT2D eigenvalue weighted by atomic mass is 28.4. The van der Waals surface area contributed by atoms with Crippen LogP contribution in [0.5, 0.6) is 11.5 Å². The fourth-order valence-electron chi connectivity index (χ4n) is 3.05. The maximum Gasteiger partial charge on any atom is 0.250 e. The first-order chi connectivity index (χ1) is 12.0. The molecule has 0 saturated heterocycles. The zero-order valence-electron chi connectivity index (χ0n) is 16.2. The van der Waals surface area contributed by atoms with Crippen LogP contribution in [0.25, 0.3) is 0 Å². The van der Waals surface area contributed by atoms with E-state index in [1.807, 2.05) is 12.1 Å². The summed E-state index contributed by atoms with van der Waals surface area (Å²) in [6.45, 7) is 10.8. The summed E-state index contributed by atoms with van der Waals surface area (Å²) >= 11 is 0. The molecule has 1 N–H and O–H groups in total. The summed E-state index contributed by atoms with van der Waals surface area (Å²) in [7, 11) is -0.595. The van der Waals surface area contributed by atoms with Crippen molar-refractivity contribution in [2.24, 2.45) is 0 Å². The Labute approximate surface area is 155 Å². The number of rotatable bonds is 4. The zero-order valence-corrected chi connectivity index (χ0v) is 17.2. The number of benzene rings is 2. The number of aliphatic hydroxyl groups is 1. The zero-order chi connectivity index (χ0) is 19.3. The average Bonchev–Trinajstić information content (AvgIpc) is 2.59. The van der Waals surface area contributed by atoms with E-state index in [2.05, 4.69) is 33.9 Å². The molecule has 0 saturated carbocycles. The lowest BCUT2D eigenvalue weighted by atomic mass is 9.67. The third-order valence-corrected chi connectivity index (χ3v) is 9.97. The van der Waals surface area contributed by atoms with Gasteiger partial charge in [-0.2, -0.15) is 0 Å². The van der Waals surface area contributed by atoms with E-state index in [1.165, 1.54) is 7.11 Å². The molecule has 5 heteroatoms. The van der Waals surface area contributed by atoms with E-state index in [-0.39, 0.29) is 10.8 Å². The molecule has 0 bridgehead atoms. The van der Waals surface area contributed by atoms with Crippen LogP contribution >= 0.6 is 0 Å². The van der Waals surface area contributed by atoms with Gasteiger partial charge in [-0.15, -0.1) is 0 Å². The Bertz CT molecular complexity index is 867. The molecule has 0 fully saturated rings. The SMILES string of the molecule is COc1ccccc1C1(O)C(=O)c2cccc(O[Si](C)(C)C(C)(C)C)c21. The second-order valence-corrected chi connectivity index (χ2v) is 13.0. The molecule has 26 heavy (non-hydrogen) atoms. The van der Waals surface area contributed by atoms with Crippen LogP contribution in [0, 0.1) is 0 Å². The fourth-order valence-corrected chi connectivity index (χ4v) is 4.08. The van der Waals surface area contributed by atoms with Gasteiger partial charge in [-0.05, 0) is 30.3 Å². The Morgan fingerprint density at radius 3 is 2.23 bits per heavy atom. The molecule has 2 aromatic carbocycles. The summed E-state index contributed by atoms with van der Waals surface area (Å²) in [5.41, 5.74) is -0.235. The van der Waals surface area contributed by atoms with Gasteiger partial charge in [-0.1, -0.05) is 51.1 Å². The molecule has 0 heterocycles. The molecule has 1 aliphatic carbocycles. The third-order valence-electron chi connectivity index (χ3n) is 5.63.